The fraction of sp³-hybridized carbons (Fsp3) is 0.217. The molecule has 3 aromatic rings. The lowest BCUT2D eigenvalue weighted by Crippen LogP contribution is -2.18. The smallest absolute Gasteiger partial charge is 0.154 e. The number of nitrogens with zero attached hydrogens (tertiary/aromatic N) is 2. The third kappa shape index (κ3) is 2.60. The third-order valence-electron chi connectivity index (χ3n) is 4.86. The van der Waals surface area contributed by atoms with E-state index in [9.17, 15) is 0 Å². The quantitative estimate of drug-likeness (QED) is 0.427. The van der Waals surface area contributed by atoms with Crippen molar-refractivity contribution in [1.82, 2.24) is 0 Å². The van der Waals surface area contributed by atoms with Crippen LogP contribution in [0.2, 0.25) is 0 Å². The summed E-state index contributed by atoms with van der Waals surface area (Å²) < 4.78 is 6.42. The lowest BCUT2D eigenvalue weighted by molar-refractivity contribution is 0.469. The van der Waals surface area contributed by atoms with Gasteiger partial charge in [0.25, 0.3) is 0 Å². The van der Waals surface area contributed by atoms with Gasteiger partial charge in [-0.3, -0.25) is 0 Å². The molecule has 0 spiro atoms. The fourth-order valence-corrected chi connectivity index (χ4v) is 3.61. The van der Waals surface area contributed by atoms with E-state index >= 15 is 0 Å². The van der Waals surface area contributed by atoms with Crippen LogP contribution in [-0.4, -0.2) is 14.1 Å². The van der Waals surface area contributed by atoms with Gasteiger partial charge in [0.15, 0.2) is 11.5 Å². The van der Waals surface area contributed by atoms with Crippen molar-refractivity contribution in [2.75, 3.05) is 23.9 Å². The van der Waals surface area contributed by atoms with Gasteiger partial charge in [-0.25, -0.2) is 0 Å². The first kappa shape index (κ1) is 16.5. The summed E-state index contributed by atoms with van der Waals surface area (Å²) in [6, 6.07) is 19.3. The minimum atomic E-state index is 0.930. The summed E-state index contributed by atoms with van der Waals surface area (Å²) >= 11 is 0. The van der Waals surface area contributed by atoms with E-state index in [-0.39, 0.29) is 0 Å². The number of aryl methyl sites for hydroxylation is 3. The van der Waals surface area contributed by atoms with Crippen LogP contribution in [0, 0.1) is 20.8 Å². The Kier molecular flexibility index (Phi) is 3.87. The number of fused-ring (bicyclic) bond motifs is 2. The van der Waals surface area contributed by atoms with E-state index in [1.54, 1.807) is 0 Å². The summed E-state index contributed by atoms with van der Waals surface area (Å²) in [5.74, 6) is 1.87. The van der Waals surface area contributed by atoms with Gasteiger partial charge in [0.05, 0.1) is 11.4 Å². The molecule has 0 saturated carbocycles. The third-order valence-corrected chi connectivity index (χ3v) is 4.86. The largest absolute Gasteiger partial charge is 0.452 e. The fourth-order valence-electron chi connectivity index (χ4n) is 3.61. The zero-order chi connectivity index (χ0) is 18.4. The maximum absolute atomic E-state index is 6.42. The standard InChI is InChI=1S/C23H24N2O/c1-15-11-16(2)22-20(12-15)25(18-9-7-6-8-10-18)21-14-19(24(4)5)13-17(3)23(21)26-22/h6-14H,1-5H3. The minimum Gasteiger partial charge on any atom is -0.452 e. The summed E-state index contributed by atoms with van der Waals surface area (Å²) in [5, 5.41) is 0. The molecule has 0 aliphatic carbocycles. The van der Waals surface area contributed by atoms with Crippen molar-refractivity contribution in [3.05, 3.63) is 71.3 Å². The van der Waals surface area contributed by atoms with E-state index in [0.29, 0.717) is 0 Å². The summed E-state index contributed by atoms with van der Waals surface area (Å²) in [6.07, 6.45) is 0. The Morgan fingerprint density at radius 3 is 2.04 bits per heavy atom. The van der Waals surface area contributed by atoms with Crippen molar-refractivity contribution in [3.8, 4) is 11.5 Å². The van der Waals surface area contributed by atoms with Crippen LogP contribution in [0.1, 0.15) is 16.7 Å². The summed E-state index contributed by atoms with van der Waals surface area (Å²) in [5.41, 5.74) is 8.00. The van der Waals surface area contributed by atoms with Crippen LogP contribution in [0.25, 0.3) is 0 Å². The number of para-hydroxylation sites is 1. The van der Waals surface area contributed by atoms with Gasteiger partial charge in [0.2, 0.25) is 0 Å². The maximum Gasteiger partial charge on any atom is 0.154 e. The Balaban J connectivity index is 2.03. The van der Waals surface area contributed by atoms with Gasteiger partial charge in [-0.15, -0.1) is 0 Å². The van der Waals surface area contributed by atoms with Crippen LogP contribution in [0.15, 0.2) is 54.6 Å². The normalized spacial score (nSPS) is 12.3. The summed E-state index contributed by atoms with van der Waals surface area (Å²) in [7, 11) is 4.14. The lowest BCUT2D eigenvalue weighted by Gasteiger charge is -2.35. The van der Waals surface area contributed by atoms with E-state index < -0.39 is 0 Å². The topological polar surface area (TPSA) is 15.7 Å². The molecule has 1 heterocycles. The molecule has 26 heavy (non-hydrogen) atoms. The average Bonchev–Trinajstić information content (AvgIpc) is 2.61. The highest BCUT2D eigenvalue weighted by atomic mass is 16.5. The molecule has 0 saturated heterocycles. The number of anilines is 4. The van der Waals surface area contributed by atoms with E-state index in [1.807, 2.05) is 0 Å². The first-order valence-corrected chi connectivity index (χ1v) is 8.92. The zero-order valence-electron chi connectivity index (χ0n) is 16.0. The number of hydrogen-bond acceptors (Lipinski definition) is 3. The number of benzene rings is 3. The molecule has 0 N–H and O–H groups in total. The molecule has 0 atom stereocenters. The summed E-state index contributed by atoms with van der Waals surface area (Å²) in [6.45, 7) is 6.36. The minimum absolute atomic E-state index is 0.930. The molecule has 132 valence electrons. The SMILES string of the molecule is Cc1cc(C)c2c(c1)N(c1ccccc1)c1cc(N(C)C)cc(C)c1O2. The monoisotopic (exact) mass is 344 g/mol. The number of rotatable bonds is 2. The van der Waals surface area contributed by atoms with Crippen LogP contribution in [0.5, 0.6) is 11.5 Å². The average molecular weight is 344 g/mol. The molecule has 0 fully saturated rings. The van der Waals surface area contributed by atoms with Gasteiger partial charge < -0.3 is 14.5 Å². The van der Waals surface area contributed by atoms with E-state index in [2.05, 4.69) is 99.3 Å². The highest BCUT2D eigenvalue weighted by Crippen LogP contribution is 2.53. The van der Waals surface area contributed by atoms with Crippen LogP contribution in [0.4, 0.5) is 22.7 Å². The molecule has 4 rings (SSSR count). The first-order chi connectivity index (χ1) is 12.5. The van der Waals surface area contributed by atoms with Crippen LogP contribution in [0.3, 0.4) is 0 Å². The van der Waals surface area contributed by atoms with Gasteiger partial charge in [-0.05, 0) is 67.8 Å². The van der Waals surface area contributed by atoms with Crippen molar-refractivity contribution in [1.29, 1.82) is 0 Å². The van der Waals surface area contributed by atoms with Gasteiger partial charge in [0, 0.05) is 25.5 Å². The van der Waals surface area contributed by atoms with Crippen molar-refractivity contribution >= 4 is 22.7 Å². The van der Waals surface area contributed by atoms with Gasteiger partial charge in [-0.2, -0.15) is 0 Å². The molecule has 0 radical (unpaired) electrons. The molecule has 0 bridgehead atoms. The van der Waals surface area contributed by atoms with Gasteiger partial charge >= 0.3 is 0 Å². The number of hydrogen-bond donors (Lipinski definition) is 0. The Labute approximate surface area is 155 Å². The Morgan fingerprint density at radius 2 is 1.38 bits per heavy atom. The van der Waals surface area contributed by atoms with Crippen LogP contribution in [-0.2, 0) is 0 Å². The molecule has 3 nitrogen and oxygen atoms in total. The molecule has 0 amide bonds. The Morgan fingerprint density at radius 1 is 0.769 bits per heavy atom. The molecular formula is C23H24N2O. The highest BCUT2D eigenvalue weighted by molar-refractivity contribution is 5.89. The molecular weight excluding hydrogens is 320 g/mol. The predicted molar refractivity (Wildman–Crippen MR) is 110 cm³/mol. The lowest BCUT2D eigenvalue weighted by atomic mass is 10.0. The molecule has 3 heteroatoms. The molecule has 1 aliphatic rings. The van der Waals surface area contributed by atoms with Crippen molar-refractivity contribution in [3.63, 3.8) is 0 Å². The predicted octanol–water partition coefficient (Wildman–Crippen LogP) is 6.25. The van der Waals surface area contributed by atoms with Crippen LogP contribution < -0.4 is 14.5 Å². The highest BCUT2D eigenvalue weighted by Gasteiger charge is 2.29. The molecule has 3 aromatic carbocycles. The first-order valence-electron chi connectivity index (χ1n) is 8.92. The molecule has 0 unspecified atom stereocenters. The van der Waals surface area contributed by atoms with Crippen molar-refractivity contribution in [2.24, 2.45) is 0 Å². The molecule has 1 aliphatic heterocycles. The van der Waals surface area contributed by atoms with E-state index in [1.165, 1.54) is 11.3 Å². The zero-order valence-corrected chi connectivity index (χ0v) is 16.0. The van der Waals surface area contributed by atoms with E-state index in [0.717, 1.165) is 39.7 Å². The maximum atomic E-state index is 6.42. The van der Waals surface area contributed by atoms with Crippen molar-refractivity contribution in [2.45, 2.75) is 20.8 Å². The second kappa shape index (κ2) is 6.10. The Bertz CT molecular complexity index is 977. The van der Waals surface area contributed by atoms with Gasteiger partial charge in [-0.1, -0.05) is 24.3 Å². The van der Waals surface area contributed by atoms with E-state index in [4.69, 9.17) is 4.74 Å². The molecule has 0 aromatic heterocycles. The Hall–Kier alpha value is -2.94. The second-order valence-corrected chi connectivity index (χ2v) is 7.21. The summed E-state index contributed by atoms with van der Waals surface area (Å²) in [4.78, 5) is 4.45. The van der Waals surface area contributed by atoms with Gasteiger partial charge in [0.1, 0.15) is 0 Å². The number of ether oxygens (including phenoxy) is 1. The van der Waals surface area contributed by atoms with Crippen molar-refractivity contribution < 1.29 is 4.74 Å². The second-order valence-electron chi connectivity index (χ2n) is 7.21. The van der Waals surface area contributed by atoms with Crippen LogP contribution >= 0.6 is 0 Å².